The van der Waals surface area contributed by atoms with Gasteiger partial charge in [0.25, 0.3) is 0 Å². The summed E-state index contributed by atoms with van der Waals surface area (Å²) in [7, 11) is 0. The quantitative estimate of drug-likeness (QED) is 0.913. The highest BCUT2D eigenvalue weighted by Crippen LogP contribution is 2.33. The molecule has 0 spiro atoms. The normalized spacial score (nSPS) is 11.4. The van der Waals surface area contributed by atoms with Crippen molar-refractivity contribution in [3.63, 3.8) is 0 Å². The number of pyridine rings is 1. The Labute approximate surface area is 118 Å². The van der Waals surface area contributed by atoms with Crippen molar-refractivity contribution in [2.45, 2.75) is 12.6 Å². The van der Waals surface area contributed by atoms with Crippen molar-refractivity contribution in [2.75, 3.05) is 5.73 Å². The molecule has 0 fully saturated rings. The lowest BCUT2D eigenvalue weighted by Gasteiger charge is -2.11. The summed E-state index contributed by atoms with van der Waals surface area (Å²) in [6.07, 6.45) is -3.46. The number of halogens is 3. The van der Waals surface area contributed by atoms with Gasteiger partial charge in [0.15, 0.2) is 0 Å². The van der Waals surface area contributed by atoms with Crippen molar-refractivity contribution < 1.29 is 23.1 Å². The summed E-state index contributed by atoms with van der Waals surface area (Å²) < 4.78 is 38.1. The minimum atomic E-state index is -4.47. The third kappa shape index (κ3) is 3.31. The highest BCUT2D eigenvalue weighted by Gasteiger charge is 2.30. The lowest BCUT2D eigenvalue weighted by Crippen LogP contribution is -2.07. The molecule has 2 rings (SSSR count). The maximum absolute atomic E-state index is 12.7. The molecule has 1 heterocycles. The second-order valence-electron chi connectivity index (χ2n) is 4.38. The van der Waals surface area contributed by atoms with Crippen LogP contribution in [0.4, 0.5) is 18.9 Å². The summed E-state index contributed by atoms with van der Waals surface area (Å²) in [6, 6.07) is 6.01. The maximum atomic E-state index is 12.7. The molecule has 0 unspecified atom stereocenters. The number of hydrogen-bond acceptors (Lipinski definition) is 3. The highest BCUT2D eigenvalue weighted by molar-refractivity contribution is 5.79. The van der Waals surface area contributed by atoms with Gasteiger partial charge in [-0.1, -0.05) is 12.1 Å². The van der Waals surface area contributed by atoms with Crippen LogP contribution in [0.1, 0.15) is 11.1 Å². The van der Waals surface area contributed by atoms with E-state index in [-0.39, 0.29) is 23.4 Å². The molecule has 0 aliphatic carbocycles. The monoisotopic (exact) mass is 296 g/mol. The standard InChI is InChI=1S/C14H11F3N2O2/c15-14(16,17)10-3-1-2-9(6-10)13-12(18)8(4-5-19-13)7-11(20)21/h1-6H,7,18H2,(H,20,21). The van der Waals surface area contributed by atoms with Gasteiger partial charge in [-0.05, 0) is 23.8 Å². The Bertz CT molecular complexity index is 684. The fourth-order valence-corrected chi connectivity index (χ4v) is 1.90. The highest BCUT2D eigenvalue weighted by atomic mass is 19.4. The zero-order chi connectivity index (χ0) is 15.6. The Morgan fingerprint density at radius 1 is 1.29 bits per heavy atom. The van der Waals surface area contributed by atoms with E-state index in [1.165, 1.54) is 24.4 Å². The number of carboxylic acid groups (broad SMARTS) is 1. The van der Waals surface area contributed by atoms with Gasteiger partial charge >= 0.3 is 12.1 Å². The van der Waals surface area contributed by atoms with Crippen LogP contribution in [-0.2, 0) is 17.4 Å². The zero-order valence-corrected chi connectivity index (χ0v) is 10.7. The molecule has 0 atom stereocenters. The third-order valence-corrected chi connectivity index (χ3v) is 2.89. The number of anilines is 1. The summed E-state index contributed by atoms with van der Waals surface area (Å²) in [5.74, 6) is -1.08. The van der Waals surface area contributed by atoms with Gasteiger partial charge in [-0.3, -0.25) is 9.78 Å². The maximum Gasteiger partial charge on any atom is 0.416 e. The topological polar surface area (TPSA) is 76.2 Å². The number of carbonyl (C=O) groups is 1. The average Bonchev–Trinajstić information content (AvgIpc) is 2.40. The number of alkyl halides is 3. The van der Waals surface area contributed by atoms with Gasteiger partial charge in [0, 0.05) is 11.8 Å². The molecule has 1 aromatic heterocycles. The molecule has 7 heteroatoms. The number of benzene rings is 1. The third-order valence-electron chi connectivity index (χ3n) is 2.89. The number of aromatic nitrogens is 1. The van der Waals surface area contributed by atoms with Crippen molar-refractivity contribution in [3.8, 4) is 11.3 Å². The van der Waals surface area contributed by atoms with E-state index >= 15 is 0 Å². The average molecular weight is 296 g/mol. The second kappa shape index (κ2) is 5.43. The second-order valence-corrected chi connectivity index (χ2v) is 4.38. The van der Waals surface area contributed by atoms with Crippen molar-refractivity contribution in [1.29, 1.82) is 0 Å². The molecule has 21 heavy (non-hydrogen) atoms. The van der Waals surface area contributed by atoms with Crippen molar-refractivity contribution >= 4 is 11.7 Å². The summed E-state index contributed by atoms with van der Waals surface area (Å²) in [6.45, 7) is 0. The van der Waals surface area contributed by atoms with Crippen LogP contribution in [0, 0.1) is 0 Å². The number of nitrogens with zero attached hydrogens (tertiary/aromatic N) is 1. The summed E-state index contributed by atoms with van der Waals surface area (Å²) in [4.78, 5) is 14.7. The molecular weight excluding hydrogens is 285 g/mol. The molecule has 3 N–H and O–H groups in total. The van der Waals surface area contributed by atoms with E-state index in [0.29, 0.717) is 5.56 Å². The van der Waals surface area contributed by atoms with Crippen LogP contribution in [0.15, 0.2) is 36.5 Å². The number of carboxylic acids is 1. The van der Waals surface area contributed by atoms with Gasteiger partial charge in [0.2, 0.25) is 0 Å². The van der Waals surface area contributed by atoms with Gasteiger partial charge in [-0.2, -0.15) is 13.2 Å². The Morgan fingerprint density at radius 2 is 2.00 bits per heavy atom. The van der Waals surface area contributed by atoms with Crippen molar-refractivity contribution in [1.82, 2.24) is 4.98 Å². The Balaban J connectivity index is 2.50. The van der Waals surface area contributed by atoms with Gasteiger partial charge < -0.3 is 10.8 Å². The smallest absolute Gasteiger partial charge is 0.416 e. The zero-order valence-electron chi connectivity index (χ0n) is 10.7. The molecule has 0 saturated carbocycles. The molecular formula is C14H11F3N2O2. The largest absolute Gasteiger partial charge is 0.481 e. The molecule has 2 aromatic rings. The van der Waals surface area contributed by atoms with E-state index in [2.05, 4.69) is 4.98 Å². The molecule has 0 radical (unpaired) electrons. The molecule has 0 saturated heterocycles. The Morgan fingerprint density at radius 3 is 2.62 bits per heavy atom. The lowest BCUT2D eigenvalue weighted by molar-refractivity contribution is -0.138. The van der Waals surface area contributed by atoms with Crippen LogP contribution in [0.25, 0.3) is 11.3 Å². The summed E-state index contributed by atoms with van der Waals surface area (Å²) >= 11 is 0. The van der Waals surface area contributed by atoms with Crippen LogP contribution in [0.3, 0.4) is 0 Å². The fourth-order valence-electron chi connectivity index (χ4n) is 1.90. The van der Waals surface area contributed by atoms with Gasteiger partial charge in [0.05, 0.1) is 23.4 Å². The predicted octanol–water partition coefficient (Wildman–Crippen LogP) is 2.98. The van der Waals surface area contributed by atoms with E-state index in [1.807, 2.05) is 0 Å². The lowest BCUT2D eigenvalue weighted by atomic mass is 10.0. The van der Waals surface area contributed by atoms with Crippen LogP contribution in [0.2, 0.25) is 0 Å². The number of nitrogen functional groups attached to an aromatic ring is 1. The fraction of sp³-hybridized carbons (Fsp3) is 0.143. The number of rotatable bonds is 3. The van der Waals surface area contributed by atoms with Gasteiger partial charge in [-0.15, -0.1) is 0 Å². The number of aliphatic carboxylic acids is 1. The van der Waals surface area contributed by atoms with Crippen LogP contribution in [-0.4, -0.2) is 16.1 Å². The van der Waals surface area contributed by atoms with E-state index in [9.17, 15) is 18.0 Å². The summed E-state index contributed by atoms with van der Waals surface area (Å²) in [5, 5.41) is 8.78. The van der Waals surface area contributed by atoms with Crippen LogP contribution in [0.5, 0.6) is 0 Å². The van der Waals surface area contributed by atoms with E-state index in [0.717, 1.165) is 12.1 Å². The predicted molar refractivity (Wildman–Crippen MR) is 70.4 cm³/mol. The van der Waals surface area contributed by atoms with Crippen LogP contribution < -0.4 is 5.73 Å². The van der Waals surface area contributed by atoms with Gasteiger partial charge in [-0.25, -0.2) is 0 Å². The molecule has 1 aromatic carbocycles. The summed E-state index contributed by atoms with van der Waals surface area (Å²) in [5.41, 5.74) is 5.71. The van der Waals surface area contributed by atoms with Gasteiger partial charge in [0.1, 0.15) is 0 Å². The Kier molecular flexibility index (Phi) is 3.84. The van der Waals surface area contributed by atoms with Crippen LogP contribution >= 0.6 is 0 Å². The first kappa shape index (κ1) is 14.8. The first-order chi connectivity index (χ1) is 9.79. The van der Waals surface area contributed by atoms with Crippen molar-refractivity contribution in [3.05, 3.63) is 47.7 Å². The van der Waals surface area contributed by atoms with Crippen molar-refractivity contribution in [2.24, 2.45) is 0 Å². The minimum absolute atomic E-state index is 0.0687. The molecule has 0 amide bonds. The van der Waals surface area contributed by atoms with E-state index in [4.69, 9.17) is 10.8 Å². The molecule has 0 bridgehead atoms. The SMILES string of the molecule is Nc1c(CC(=O)O)ccnc1-c1cccc(C(F)(F)F)c1. The number of nitrogens with two attached hydrogens (primary N) is 1. The minimum Gasteiger partial charge on any atom is -0.481 e. The molecule has 0 aliphatic heterocycles. The molecule has 0 aliphatic rings. The first-order valence-corrected chi connectivity index (χ1v) is 5.92. The molecule has 110 valence electrons. The Hall–Kier alpha value is -2.57. The first-order valence-electron chi connectivity index (χ1n) is 5.92. The molecule has 4 nitrogen and oxygen atoms in total. The number of hydrogen-bond donors (Lipinski definition) is 2. The van der Waals surface area contributed by atoms with E-state index in [1.54, 1.807) is 0 Å². The van der Waals surface area contributed by atoms with E-state index < -0.39 is 17.7 Å².